The molecule has 0 aliphatic carbocycles. The van der Waals surface area contributed by atoms with E-state index in [0.717, 1.165) is 32.6 Å². The van der Waals surface area contributed by atoms with Crippen LogP contribution in [0.1, 0.15) is 47.8 Å². The summed E-state index contributed by atoms with van der Waals surface area (Å²) in [6, 6.07) is 21.9. The Hall–Kier alpha value is -2.63. The van der Waals surface area contributed by atoms with E-state index < -0.39 is 0 Å². The normalized spacial score (nSPS) is 18.7. The third-order valence-electron chi connectivity index (χ3n) is 5.30. The van der Waals surface area contributed by atoms with Crippen LogP contribution in [0.2, 0.25) is 0 Å². The van der Waals surface area contributed by atoms with Crippen LogP contribution in [0.5, 0.6) is 11.5 Å². The van der Waals surface area contributed by atoms with Gasteiger partial charge in [0.15, 0.2) is 0 Å². The van der Waals surface area contributed by atoms with Crippen LogP contribution in [0.25, 0.3) is 0 Å². The van der Waals surface area contributed by atoms with Crippen molar-refractivity contribution in [3.63, 3.8) is 0 Å². The molecule has 0 unspecified atom stereocenters. The molecule has 0 bridgehead atoms. The summed E-state index contributed by atoms with van der Waals surface area (Å²) < 4.78 is 6.80. The molecular formula is C25H25BrN2O2. The van der Waals surface area contributed by atoms with Crippen molar-refractivity contribution in [3.05, 3.63) is 93.5 Å². The quantitative estimate of drug-likeness (QED) is 0.480. The molecule has 0 aromatic heterocycles. The molecule has 2 N–H and O–H groups in total. The van der Waals surface area contributed by atoms with Crippen LogP contribution in [0, 0.1) is 6.92 Å². The molecule has 0 radical (unpaired) electrons. The number of rotatable bonds is 5. The summed E-state index contributed by atoms with van der Waals surface area (Å²) in [6.07, 6.45) is 0.404. The van der Waals surface area contributed by atoms with Crippen LogP contribution in [-0.4, -0.2) is 17.4 Å². The minimum absolute atomic E-state index is 0.0871. The maximum absolute atomic E-state index is 10.6. The number of para-hydroxylation sites is 1. The molecule has 0 spiro atoms. The highest BCUT2D eigenvalue weighted by molar-refractivity contribution is 9.10. The van der Waals surface area contributed by atoms with Gasteiger partial charge in [0.05, 0.1) is 6.61 Å². The number of benzene rings is 3. The number of aryl methyl sites for hydroxylation is 1. The maximum Gasteiger partial charge on any atom is 0.129 e. The van der Waals surface area contributed by atoms with Crippen molar-refractivity contribution in [1.29, 1.82) is 0 Å². The number of hydrogen-bond acceptors (Lipinski definition) is 4. The number of aliphatic imine (C=N–C) groups is 1. The lowest BCUT2D eigenvalue weighted by atomic mass is 9.93. The zero-order valence-corrected chi connectivity index (χ0v) is 18.7. The van der Waals surface area contributed by atoms with Gasteiger partial charge in [-0.3, -0.25) is 10.3 Å². The summed E-state index contributed by atoms with van der Waals surface area (Å²) in [5.41, 5.74) is 5.16. The van der Waals surface area contributed by atoms with Gasteiger partial charge in [-0.1, -0.05) is 64.0 Å². The van der Waals surface area contributed by atoms with Gasteiger partial charge in [-0.15, -0.1) is 0 Å². The summed E-state index contributed by atoms with van der Waals surface area (Å²) in [7, 11) is 0. The fourth-order valence-corrected chi connectivity index (χ4v) is 4.16. The molecule has 30 heavy (non-hydrogen) atoms. The van der Waals surface area contributed by atoms with E-state index in [1.807, 2.05) is 43.3 Å². The molecule has 0 fully saturated rings. The van der Waals surface area contributed by atoms with E-state index in [2.05, 4.69) is 52.4 Å². The van der Waals surface area contributed by atoms with Gasteiger partial charge in [-0.2, -0.15) is 0 Å². The van der Waals surface area contributed by atoms with E-state index in [9.17, 15) is 5.11 Å². The number of nitrogens with zero attached hydrogens (tertiary/aromatic N) is 1. The molecular weight excluding hydrogens is 440 g/mol. The van der Waals surface area contributed by atoms with Gasteiger partial charge in [0.1, 0.15) is 17.7 Å². The summed E-state index contributed by atoms with van der Waals surface area (Å²) >= 11 is 3.53. The fourth-order valence-electron chi connectivity index (χ4n) is 3.78. The second-order valence-electron chi connectivity index (χ2n) is 7.44. The first-order valence-corrected chi connectivity index (χ1v) is 10.9. The van der Waals surface area contributed by atoms with E-state index in [0.29, 0.717) is 13.0 Å². The molecule has 0 saturated heterocycles. The SMILES string of the molecule is CCOc1ccccc1[C@@H]1N=C(c2ccc(C)cc2)C[C@H](c2cc(Br)ccc2O)N1. The zero-order chi connectivity index (χ0) is 21.1. The van der Waals surface area contributed by atoms with E-state index in [-0.39, 0.29) is 18.0 Å². The molecule has 1 aliphatic rings. The maximum atomic E-state index is 10.6. The van der Waals surface area contributed by atoms with Gasteiger partial charge in [0.2, 0.25) is 0 Å². The van der Waals surface area contributed by atoms with Crippen molar-refractivity contribution in [3.8, 4) is 11.5 Å². The smallest absolute Gasteiger partial charge is 0.129 e. The van der Waals surface area contributed by atoms with Crippen LogP contribution >= 0.6 is 15.9 Å². The van der Waals surface area contributed by atoms with Gasteiger partial charge < -0.3 is 9.84 Å². The summed E-state index contributed by atoms with van der Waals surface area (Å²) in [5.74, 6) is 1.10. The zero-order valence-electron chi connectivity index (χ0n) is 17.1. The van der Waals surface area contributed by atoms with Crippen LogP contribution in [0.3, 0.4) is 0 Å². The predicted octanol–water partition coefficient (Wildman–Crippen LogP) is 6.08. The molecule has 4 rings (SSSR count). The largest absolute Gasteiger partial charge is 0.508 e. The lowest BCUT2D eigenvalue weighted by Crippen LogP contribution is -2.33. The Morgan fingerprint density at radius 1 is 1.07 bits per heavy atom. The second kappa shape index (κ2) is 9.02. The van der Waals surface area contributed by atoms with E-state index in [4.69, 9.17) is 9.73 Å². The Morgan fingerprint density at radius 3 is 2.60 bits per heavy atom. The Kier molecular flexibility index (Phi) is 6.21. The van der Waals surface area contributed by atoms with E-state index in [1.54, 1.807) is 6.07 Å². The van der Waals surface area contributed by atoms with Gasteiger partial charge >= 0.3 is 0 Å². The average molecular weight is 465 g/mol. The lowest BCUT2D eigenvalue weighted by molar-refractivity contribution is 0.327. The summed E-state index contributed by atoms with van der Waals surface area (Å²) in [6.45, 7) is 4.65. The summed E-state index contributed by atoms with van der Waals surface area (Å²) in [5, 5.41) is 14.2. The van der Waals surface area contributed by atoms with Crippen molar-refractivity contribution < 1.29 is 9.84 Å². The Morgan fingerprint density at radius 2 is 1.83 bits per heavy atom. The third-order valence-corrected chi connectivity index (χ3v) is 5.80. The number of aromatic hydroxyl groups is 1. The minimum Gasteiger partial charge on any atom is -0.508 e. The Labute approximate surface area is 185 Å². The number of halogens is 1. The average Bonchev–Trinajstić information content (AvgIpc) is 2.76. The van der Waals surface area contributed by atoms with Crippen LogP contribution in [-0.2, 0) is 0 Å². The molecule has 3 aromatic rings. The highest BCUT2D eigenvalue weighted by atomic mass is 79.9. The van der Waals surface area contributed by atoms with E-state index >= 15 is 0 Å². The fraction of sp³-hybridized carbons (Fsp3) is 0.240. The van der Waals surface area contributed by atoms with E-state index in [1.165, 1.54) is 5.56 Å². The molecule has 1 aliphatic heterocycles. The van der Waals surface area contributed by atoms with Gasteiger partial charge in [-0.25, -0.2) is 0 Å². The molecule has 5 heteroatoms. The van der Waals surface area contributed by atoms with Crippen molar-refractivity contribution in [1.82, 2.24) is 5.32 Å². The van der Waals surface area contributed by atoms with Crippen molar-refractivity contribution in [2.24, 2.45) is 4.99 Å². The number of phenolic OH excluding ortho intramolecular Hbond substituents is 1. The monoisotopic (exact) mass is 464 g/mol. The second-order valence-corrected chi connectivity index (χ2v) is 8.36. The molecule has 2 atom stereocenters. The topological polar surface area (TPSA) is 53.9 Å². The Bertz CT molecular complexity index is 1060. The predicted molar refractivity (Wildman–Crippen MR) is 124 cm³/mol. The first kappa shape index (κ1) is 20.6. The highest BCUT2D eigenvalue weighted by Gasteiger charge is 2.29. The number of phenols is 1. The number of hydrogen-bond donors (Lipinski definition) is 2. The van der Waals surface area contributed by atoms with Crippen molar-refractivity contribution in [2.45, 2.75) is 32.5 Å². The molecule has 0 amide bonds. The Balaban J connectivity index is 1.79. The lowest BCUT2D eigenvalue weighted by Gasteiger charge is -2.31. The minimum atomic E-state index is -0.277. The third kappa shape index (κ3) is 4.42. The van der Waals surface area contributed by atoms with Crippen LogP contribution < -0.4 is 10.1 Å². The highest BCUT2D eigenvalue weighted by Crippen LogP contribution is 2.37. The van der Waals surface area contributed by atoms with Crippen molar-refractivity contribution >= 4 is 21.6 Å². The van der Waals surface area contributed by atoms with Crippen LogP contribution in [0.15, 0.2) is 76.2 Å². The first-order valence-electron chi connectivity index (χ1n) is 10.1. The van der Waals surface area contributed by atoms with Crippen molar-refractivity contribution in [2.75, 3.05) is 6.61 Å². The van der Waals surface area contributed by atoms with Gasteiger partial charge in [0.25, 0.3) is 0 Å². The first-order chi connectivity index (χ1) is 14.5. The van der Waals surface area contributed by atoms with Crippen LogP contribution in [0.4, 0.5) is 0 Å². The molecule has 1 heterocycles. The number of nitrogens with one attached hydrogen (secondary N) is 1. The molecule has 0 saturated carbocycles. The summed E-state index contributed by atoms with van der Waals surface area (Å²) in [4.78, 5) is 5.05. The molecule has 3 aromatic carbocycles. The number of ether oxygens (including phenoxy) is 1. The van der Waals surface area contributed by atoms with Gasteiger partial charge in [-0.05, 0) is 43.7 Å². The van der Waals surface area contributed by atoms with Gasteiger partial charge in [0, 0.05) is 33.8 Å². The standard InChI is InChI=1S/C25H25BrN2O2/c1-3-30-24-7-5-4-6-19(24)25-27-21(17-10-8-16(2)9-11-17)15-22(28-25)20-14-18(26)12-13-23(20)29/h4-14,22,25,28-29H,3,15H2,1-2H3/t22-,25-/m1/s1. The molecule has 4 nitrogen and oxygen atoms in total. The molecule has 154 valence electrons.